The van der Waals surface area contributed by atoms with Gasteiger partial charge < -0.3 is 9.47 Å². The van der Waals surface area contributed by atoms with Gasteiger partial charge in [-0.2, -0.15) is 0 Å². The molecule has 0 heterocycles. The molecule has 2 atom stereocenters. The molecule has 0 radical (unpaired) electrons. The Morgan fingerprint density at radius 2 is 1.78 bits per heavy atom. The number of hydrogen-bond donors (Lipinski definition) is 0. The first kappa shape index (κ1) is 17.4. The molecule has 1 aromatic rings. The summed E-state index contributed by atoms with van der Waals surface area (Å²) in [6.45, 7) is 2.39. The lowest BCUT2D eigenvalue weighted by Gasteiger charge is -2.28. The van der Waals surface area contributed by atoms with Crippen molar-refractivity contribution in [2.24, 2.45) is 11.8 Å². The first-order valence-electron chi connectivity index (χ1n) is 8.26. The van der Waals surface area contributed by atoms with Crippen LogP contribution in [-0.2, 0) is 14.3 Å². The van der Waals surface area contributed by atoms with Gasteiger partial charge in [0.2, 0.25) is 0 Å². The number of halogens is 1. The lowest BCUT2D eigenvalue weighted by atomic mass is 9.79. The number of para-hydroxylation sites is 1. The van der Waals surface area contributed by atoms with Crippen molar-refractivity contribution in [3.63, 3.8) is 0 Å². The van der Waals surface area contributed by atoms with Gasteiger partial charge in [-0.1, -0.05) is 38.3 Å². The highest BCUT2D eigenvalue weighted by atomic mass is 19.1. The van der Waals surface area contributed by atoms with Crippen molar-refractivity contribution in [1.82, 2.24) is 0 Å². The predicted octanol–water partition coefficient (Wildman–Crippen LogP) is 3.88. The van der Waals surface area contributed by atoms with Crippen LogP contribution in [-0.4, -0.2) is 18.5 Å². The van der Waals surface area contributed by atoms with Crippen molar-refractivity contribution in [1.29, 1.82) is 0 Å². The van der Waals surface area contributed by atoms with Crippen molar-refractivity contribution in [2.75, 3.05) is 6.61 Å². The van der Waals surface area contributed by atoms with Gasteiger partial charge in [0, 0.05) is 0 Å². The molecular weight excluding hydrogens is 299 g/mol. The molecule has 5 heteroatoms. The van der Waals surface area contributed by atoms with Crippen LogP contribution in [0.25, 0.3) is 0 Å². The maximum Gasteiger partial charge on any atom is 0.315 e. The Morgan fingerprint density at radius 3 is 2.43 bits per heavy atom. The summed E-state index contributed by atoms with van der Waals surface area (Å²) in [6.07, 6.45) is 4.68. The Balaban J connectivity index is 2.01. The molecule has 2 unspecified atom stereocenters. The first-order valence-corrected chi connectivity index (χ1v) is 8.26. The number of ether oxygens (including phenoxy) is 2. The third-order valence-electron chi connectivity index (χ3n) is 4.16. The molecular formula is C18H23FO4. The second-order valence-electron chi connectivity index (χ2n) is 5.87. The van der Waals surface area contributed by atoms with Crippen LogP contribution >= 0.6 is 0 Å². The van der Waals surface area contributed by atoms with Gasteiger partial charge in [-0.3, -0.25) is 9.59 Å². The number of rotatable bonds is 6. The normalized spacial score (nSPS) is 20.8. The molecule has 0 amide bonds. The summed E-state index contributed by atoms with van der Waals surface area (Å²) in [4.78, 5) is 24.6. The van der Waals surface area contributed by atoms with Crippen LogP contribution in [0.15, 0.2) is 24.3 Å². The number of benzene rings is 1. The molecule has 1 aliphatic carbocycles. The molecule has 1 aromatic carbocycles. The number of carbonyl (C=O) groups excluding carboxylic acids is 2. The summed E-state index contributed by atoms with van der Waals surface area (Å²) in [6, 6.07) is 5.77. The van der Waals surface area contributed by atoms with Crippen LogP contribution in [0.3, 0.4) is 0 Å². The third kappa shape index (κ3) is 4.78. The maximum absolute atomic E-state index is 13.6. The molecule has 4 nitrogen and oxygen atoms in total. The van der Waals surface area contributed by atoms with Crippen molar-refractivity contribution in [2.45, 2.75) is 45.4 Å². The molecule has 1 saturated carbocycles. The van der Waals surface area contributed by atoms with Crippen LogP contribution in [0, 0.1) is 17.7 Å². The lowest BCUT2D eigenvalue weighted by molar-refractivity contribution is -0.158. The topological polar surface area (TPSA) is 52.6 Å². The minimum atomic E-state index is -0.585. The average molecular weight is 322 g/mol. The Bertz CT molecular complexity index is 544. The van der Waals surface area contributed by atoms with E-state index in [2.05, 4.69) is 0 Å². The highest BCUT2D eigenvalue weighted by Gasteiger charge is 2.38. The fourth-order valence-corrected chi connectivity index (χ4v) is 2.83. The van der Waals surface area contributed by atoms with Crippen LogP contribution in [0.4, 0.5) is 4.39 Å². The van der Waals surface area contributed by atoms with Crippen molar-refractivity contribution >= 4 is 11.9 Å². The highest BCUT2D eigenvalue weighted by molar-refractivity contribution is 5.83. The van der Waals surface area contributed by atoms with Gasteiger partial charge in [0.05, 0.1) is 18.4 Å². The fourth-order valence-electron chi connectivity index (χ4n) is 2.83. The van der Waals surface area contributed by atoms with E-state index < -0.39 is 23.6 Å². The predicted molar refractivity (Wildman–Crippen MR) is 83.4 cm³/mol. The van der Waals surface area contributed by atoms with Gasteiger partial charge in [0.25, 0.3) is 0 Å². The Hall–Kier alpha value is -1.91. The second-order valence-corrected chi connectivity index (χ2v) is 5.87. The number of unbranched alkanes of at least 4 members (excludes halogenated alkanes) is 1. The standard InChI is InChI=1S/C18H23FO4/c1-2-3-12-22-17(20)13-8-4-5-9-14(13)18(21)23-16-11-7-6-10-15(16)19/h6-7,10-11,13-14H,2-5,8-9,12H2,1H3. The summed E-state index contributed by atoms with van der Waals surface area (Å²) in [5, 5.41) is 0. The van der Waals surface area contributed by atoms with Crippen LogP contribution in [0.2, 0.25) is 0 Å². The summed E-state index contributed by atoms with van der Waals surface area (Å²) in [7, 11) is 0. The van der Waals surface area contributed by atoms with E-state index in [0.717, 1.165) is 25.7 Å². The van der Waals surface area contributed by atoms with Gasteiger partial charge in [0.15, 0.2) is 11.6 Å². The van der Waals surface area contributed by atoms with E-state index in [1.165, 1.54) is 18.2 Å². The van der Waals surface area contributed by atoms with Gasteiger partial charge in [-0.25, -0.2) is 4.39 Å². The highest BCUT2D eigenvalue weighted by Crippen LogP contribution is 2.32. The molecule has 0 bridgehead atoms. The number of hydrogen-bond acceptors (Lipinski definition) is 4. The molecule has 2 rings (SSSR count). The van der Waals surface area contributed by atoms with E-state index in [-0.39, 0.29) is 11.7 Å². The number of carbonyl (C=O) groups is 2. The molecule has 0 aliphatic heterocycles. The molecule has 0 N–H and O–H groups in total. The maximum atomic E-state index is 13.6. The SMILES string of the molecule is CCCCOC(=O)C1CCCCC1C(=O)Oc1ccccc1F. The Morgan fingerprint density at radius 1 is 1.13 bits per heavy atom. The molecule has 1 aliphatic rings. The van der Waals surface area contributed by atoms with E-state index in [4.69, 9.17) is 9.47 Å². The van der Waals surface area contributed by atoms with E-state index in [9.17, 15) is 14.0 Å². The molecule has 1 fully saturated rings. The van der Waals surface area contributed by atoms with Crippen LogP contribution < -0.4 is 4.74 Å². The minimum absolute atomic E-state index is 0.0961. The molecule has 126 valence electrons. The zero-order valence-electron chi connectivity index (χ0n) is 13.4. The molecule has 0 aromatic heterocycles. The zero-order valence-corrected chi connectivity index (χ0v) is 13.4. The van der Waals surface area contributed by atoms with E-state index in [0.29, 0.717) is 19.4 Å². The van der Waals surface area contributed by atoms with E-state index in [1.807, 2.05) is 6.92 Å². The Kier molecular flexibility index (Phi) is 6.56. The quantitative estimate of drug-likeness (QED) is 0.453. The van der Waals surface area contributed by atoms with Gasteiger partial charge in [-0.05, 0) is 31.4 Å². The van der Waals surface area contributed by atoms with Crippen LogP contribution in [0.5, 0.6) is 5.75 Å². The third-order valence-corrected chi connectivity index (χ3v) is 4.16. The van der Waals surface area contributed by atoms with Crippen molar-refractivity contribution in [3.8, 4) is 5.75 Å². The van der Waals surface area contributed by atoms with Gasteiger partial charge in [0.1, 0.15) is 0 Å². The Labute approximate surface area is 136 Å². The van der Waals surface area contributed by atoms with E-state index in [1.54, 1.807) is 6.07 Å². The summed E-state index contributed by atoms with van der Waals surface area (Å²) >= 11 is 0. The average Bonchev–Trinajstić information content (AvgIpc) is 2.57. The smallest absolute Gasteiger partial charge is 0.315 e. The van der Waals surface area contributed by atoms with Crippen molar-refractivity contribution in [3.05, 3.63) is 30.1 Å². The largest absolute Gasteiger partial charge is 0.465 e. The number of esters is 2. The zero-order chi connectivity index (χ0) is 16.7. The first-order chi connectivity index (χ1) is 11.1. The molecule has 0 spiro atoms. The van der Waals surface area contributed by atoms with Crippen molar-refractivity contribution < 1.29 is 23.5 Å². The second kappa shape index (κ2) is 8.65. The van der Waals surface area contributed by atoms with E-state index >= 15 is 0 Å². The van der Waals surface area contributed by atoms with Gasteiger partial charge >= 0.3 is 11.9 Å². The lowest BCUT2D eigenvalue weighted by Crippen LogP contribution is -2.36. The minimum Gasteiger partial charge on any atom is -0.465 e. The molecule has 23 heavy (non-hydrogen) atoms. The summed E-state index contributed by atoms with van der Waals surface area (Å²) in [5.41, 5.74) is 0. The van der Waals surface area contributed by atoms with Gasteiger partial charge in [-0.15, -0.1) is 0 Å². The summed E-state index contributed by atoms with van der Waals surface area (Å²) in [5.74, 6) is -2.61. The summed E-state index contributed by atoms with van der Waals surface area (Å²) < 4.78 is 24.0. The molecule has 0 saturated heterocycles. The fraction of sp³-hybridized carbons (Fsp3) is 0.556. The van der Waals surface area contributed by atoms with Crippen LogP contribution in [0.1, 0.15) is 45.4 Å². The monoisotopic (exact) mass is 322 g/mol.